The van der Waals surface area contributed by atoms with Crippen molar-refractivity contribution in [2.24, 2.45) is 0 Å². The molecule has 1 fully saturated rings. The van der Waals surface area contributed by atoms with E-state index in [9.17, 15) is 4.79 Å². The number of likely N-dealkylation sites (tertiary alicyclic amines) is 1. The lowest BCUT2D eigenvalue weighted by Crippen LogP contribution is -2.49. The van der Waals surface area contributed by atoms with Gasteiger partial charge in [-0.2, -0.15) is 0 Å². The Labute approximate surface area is 148 Å². The number of aromatic nitrogens is 2. The molecule has 0 saturated carbocycles. The molecule has 1 saturated heterocycles. The number of likely N-dealkylation sites (N-methyl/N-ethyl adjacent to an activating group) is 1. The molecule has 1 amide bonds. The van der Waals surface area contributed by atoms with Crippen molar-refractivity contribution in [3.05, 3.63) is 47.7 Å². The molecule has 1 aliphatic rings. The van der Waals surface area contributed by atoms with E-state index in [0.717, 1.165) is 32.4 Å². The van der Waals surface area contributed by atoms with Crippen LogP contribution in [0.25, 0.3) is 0 Å². The second-order valence-corrected chi connectivity index (χ2v) is 6.61. The quantitative estimate of drug-likeness (QED) is 0.807. The van der Waals surface area contributed by atoms with Crippen molar-refractivity contribution >= 4 is 5.91 Å². The van der Waals surface area contributed by atoms with Gasteiger partial charge in [0.1, 0.15) is 0 Å². The molecule has 0 spiro atoms. The molecule has 1 unspecified atom stereocenters. The van der Waals surface area contributed by atoms with Crippen LogP contribution in [0, 0.1) is 0 Å². The first-order valence-electron chi connectivity index (χ1n) is 9.01. The van der Waals surface area contributed by atoms with Crippen molar-refractivity contribution < 1.29 is 9.21 Å². The van der Waals surface area contributed by atoms with Crippen molar-refractivity contribution in [2.75, 3.05) is 13.6 Å². The van der Waals surface area contributed by atoms with Gasteiger partial charge in [0.25, 0.3) is 0 Å². The van der Waals surface area contributed by atoms with Gasteiger partial charge in [-0.3, -0.25) is 9.69 Å². The Bertz CT molecular complexity index is 686. The molecule has 25 heavy (non-hydrogen) atoms. The summed E-state index contributed by atoms with van der Waals surface area (Å²) in [6.45, 7) is 4.10. The molecule has 6 nitrogen and oxygen atoms in total. The zero-order valence-electron chi connectivity index (χ0n) is 15.0. The van der Waals surface area contributed by atoms with Crippen LogP contribution in [0.2, 0.25) is 0 Å². The van der Waals surface area contributed by atoms with Crippen molar-refractivity contribution in [1.82, 2.24) is 20.0 Å². The van der Waals surface area contributed by atoms with Gasteiger partial charge in [-0.25, -0.2) is 0 Å². The molecule has 1 aliphatic heterocycles. The van der Waals surface area contributed by atoms with E-state index in [-0.39, 0.29) is 11.9 Å². The first kappa shape index (κ1) is 17.6. The number of hydrogen-bond donors (Lipinski definition) is 0. The van der Waals surface area contributed by atoms with E-state index < -0.39 is 0 Å². The topological polar surface area (TPSA) is 62.5 Å². The lowest BCUT2D eigenvalue weighted by atomic mass is 10.00. The van der Waals surface area contributed by atoms with Gasteiger partial charge < -0.3 is 9.32 Å². The van der Waals surface area contributed by atoms with Crippen molar-refractivity contribution in [3.63, 3.8) is 0 Å². The Morgan fingerprint density at radius 3 is 2.72 bits per heavy atom. The smallest absolute Gasteiger partial charge is 0.240 e. The second kappa shape index (κ2) is 8.25. The van der Waals surface area contributed by atoms with E-state index in [4.69, 9.17) is 4.42 Å². The SMILES string of the molecule is CCc1nnc(CN(C)C(=O)C2CCCCN2Cc2ccccc2)o1. The summed E-state index contributed by atoms with van der Waals surface area (Å²) in [5.74, 6) is 1.24. The average molecular weight is 342 g/mol. The summed E-state index contributed by atoms with van der Waals surface area (Å²) < 4.78 is 5.53. The standard InChI is InChI=1S/C19H26N4O2/c1-3-17-20-21-18(25-17)14-22(2)19(24)16-11-7-8-12-23(16)13-15-9-5-4-6-10-15/h4-6,9-10,16H,3,7-8,11-14H2,1-2H3. The number of rotatable bonds is 6. The normalized spacial score (nSPS) is 18.2. The van der Waals surface area contributed by atoms with Crippen molar-refractivity contribution in [1.29, 1.82) is 0 Å². The molecule has 0 radical (unpaired) electrons. The fraction of sp³-hybridized carbons (Fsp3) is 0.526. The van der Waals surface area contributed by atoms with Crippen LogP contribution < -0.4 is 0 Å². The summed E-state index contributed by atoms with van der Waals surface area (Å²) in [4.78, 5) is 17.0. The maximum atomic E-state index is 13.0. The van der Waals surface area contributed by atoms with Crippen LogP contribution in [0.1, 0.15) is 43.5 Å². The second-order valence-electron chi connectivity index (χ2n) is 6.61. The van der Waals surface area contributed by atoms with Crippen LogP contribution in [0.3, 0.4) is 0 Å². The van der Waals surface area contributed by atoms with Gasteiger partial charge in [-0.1, -0.05) is 43.7 Å². The number of hydrogen-bond acceptors (Lipinski definition) is 5. The summed E-state index contributed by atoms with van der Waals surface area (Å²) in [5.41, 5.74) is 1.24. The third-order valence-electron chi connectivity index (χ3n) is 4.69. The van der Waals surface area contributed by atoms with Gasteiger partial charge >= 0.3 is 0 Å². The summed E-state index contributed by atoms with van der Waals surface area (Å²) in [6.07, 6.45) is 3.85. The number of carbonyl (C=O) groups excluding carboxylic acids is 1. The summed E-state index contributed by atoms with van der Waals surface area (Å²) in [5, 5.41) is 7.98. The minimum Gasteiger partial charge on any atom is -0.423 e. The van der Waals surface area contributed by atoms with Crippen LogP contribution in [0.15, 0.2) is 34.7 Å². The molecular weight excluding hydrogens is 316 g/mol. The Hall–Kier alpha value is -2.21. The molecule has 6 heteroatoms. The number of nitrogens with zero attached hydrogens (tertiary/aromatic N) is 4. The molecular formula is C19H26N4O2. The highest BCUT2D eigenvalue weighted by atomic mass is 16.4. The maximum Gasteiger partial charge on any atom is 0.240 e. The van der Waals surface area contributed by atoms with Gasteiger partial charge in [0.15, 0.2) is 0 Å². The van der Waals surface area contributed by atoms with Crippen LogP contribution in [0.4, 0.5) is 0 Å². The summed E-state index contributed by atoms with van der Waals surface area (Å²) in [7, 11) is 1.81. The summed E-state index contributed by atoms with van der Waals surface area (Å²) >= 11 is 0. The molecule has 0 aliphatic carbocycles. The monoisotopic (exact) mass is 342 g/mol. The fourth-order valence-corrected chi connectivity index (χ4v) is 3.31. The number of amides is 1. The van der Waals surface area contributed by atoms with E-state index in [2.05, 4.69) is 27.2 Å². The molecule has 1 aromatic heterocycles. The number of carbonyl (C=O) groups is 1. The summed E-state index contributed by atoms with van der Waals surface area (Å²) in [6, 6.07) is 10.3. The van der Waals surface area contributed by atoms with Gasteiger partial charge in [0.05, 0.1) is 12.6 Å². The van der Waals surface area contributed by atoms with Gasteiger partial charge in [0, 0.05) is 20.0 Å². The first-order chi connectivity index (χ1) is 12.2. The molecule has 0 bridgehead atoms. The van der Waals surface area contributed by atoms with Gasteiger partial charge in [-0.15, -0.1) is 10.2 Å². The lowest BCUT2D eigenvalue weighted by molar-refractivity contribution is -0.138. The maximum absolute atomic E-state index is 13.0. The molecule has 134 valence electrons. The molecule has 1 aromatic carbocycles. The minimum absolute atomic E-state index is 0.0764. The zero-order chi connectivity index (χ0) is 17.6. The Kier molecular flexibility index (Phi) is 5.81. The molecule has 2 aromatic rings. The molecule has 1 atom stereocenters. The highest BCUT2D eigenvalue weighted by Gasteiger charge is 2.31. The van der Waals surface area contributed by atoms with E-state index in [0.29, 0.717) is 24.7 Å². The van der Waals surface area contributed by atoms with Crippen molar-refractivity contribution in [3.8, 4) is 0 Å². The first-order valence-corrected chi connectivity index (χ1v) is 9.01. The molecule has 3 rings (SSSR count). The molecule has 2 heterocycles. The van der Waals surface area contributed by atoms with Gasteiger partial charge in [0.2, 0.25) is 17.7 Å². The fourth-order valence-electron chi connectivity index (χ4n) is 3.31. The Balaban J connectivity index is 1.65. The third-order valence-corrected chi connectivity index (χ3v) is 4.69. The van der Waals surface area contributed by atoms with Crippen LogP contribution in [-0.4, -0.2) is 45.5 Å². The van der Waals surface area contributed by atoms with E-state index in [1.165, 1.54) is 5.56 Å². The van der Waals surface area contributed by atoms with Crippen molar-refractivity contribution in [2.45, 2.75) is 51.7 Å². The van der Waals surface area contributed by atoms with Gasteiger partial charge in [-0.05, 0) is 24.9 Å². The Morgan fingerprint density at radius 1 is 1.24 bits per heavy atom. The highest BCUT2D eigenvalue weighted by Crippen LogP contribution is 2.21. The number of benzene rings is 1. The number of piperidine rings is 1. The predicted molar refractivity (Wildman–Crippen MR) is 94.6 cm³/mol. The largest absolute Gasteiger partial charge is 0.423 e. The van der Waals surface area contributed by atoms with Crippen LogP contribution in [-0.2, 0) is 24.3 Å². The lowest BCUT2D eigenvalue weighted by Gasteiger charge is -2.36. The third kappa shape index (κ3) is 4.45. The average Bonchev–Trinajstić information content (AvgIpc) is 3.10. The predicted octanol–water partition coefficient (Wildman–Crippen LogP) is 2.65. The minimum atomic E-state index is -0.0764. The van der Waals surface area contributed by atoms with Crippen LogP contribution in [0.5, 0.6) is 0 Å². The van der Waals surface area contributed by atoms with Crippen LogP contribution >= 0.6 is 0 Å². The molecule has 0 N–H and O–H groups in total. The highest BCUT2D eigenvalue weighted by molar-refractivity contribution is 5.81. The Morgan fingerprint density at radius 2 is 2.00 bits per heavy atom. The van der Waals surface area contributed by atoms with E-state index >= 15 is 0 Å². The number of aryl methyl sites for hydroxylation is 1. The van der Waals surface area contributed by atoms with E-state index in [1.54, 1.807) is 4.90 Å². The van der Waals surface area contributed by atoms with E-state index in [1.807, 2.05) is 32.2 Å². The zero-order valence-corrected chi connectivity index (χ0v) is 15.0.